The van der Waals surface area contributed by atoms with Crippen molar-refractivity contribution in [1.82, 2.24) is 4.90 Å². The molecule has 0 saturated carbocycles. The van der Waals surface area contributed by atoms with E-state index in [9.17, 15) is 0 Å². The SMILES string of the molecule is CCCCCCCO[C@@H]1[C@H]2OC(C)(C)O[C@H]2O[C@@H]1COCCCN(C)C. The fourth-order valence-corrected chi connectivity index (χ4v) is 3.49. The van der Waals surface area contributed by atoms with Gasteiger partial charge in [-0.3, -0.25) is 0 Å². The molecule has 0 bridgehead atoms. The molecule has 2 saturated heterocycles. The summed E-state index contributed by atoms with van der Waals surface area (Å²) in [6, 6.07) is 0. The molecule has 4 atom stereocenters. The molecule has 2 fully saturated rings. The van der Waals surface area contributed by atoms with E-state index in [4.69, 9.17) is 23.7 Å². The van der Waals surface area contributed by atoms with Crippen molar-refractivity contribution >= 4 is 0 Å². The van der Waals surface area contributed by atoms with Gasteiger partial charge in [-0.25, -0.2) is 0 Å². The Morgan fingerprint density at radius 1 is 0.962 bits per heavy atom. The van der Waals surface area contributed by atoms with E-state index in [1.165, 1.54) is 25.7 Å². The van der Waals surface area contributed by atoms with Gasteiger partial charge in [0, 0.05) is 13.2 Å². The summed E-state index contributed by atoms with van der Waals surface area (Å²) in [7, 11) is 4.14. The lowest BCUT2D eigenvalue weighted by Crippen LogP contribution is -2.39. The van der Waals surface area contributed by atoms with Gasteiger partial charge in [0.15, 0.2) is 12.1 Å². The van der Waals surface area contributed by atoms with E-state index in [1.807, 2.05) is 13.8 Å². The maximum atomic E-state index is 6.18. The van der Waals surface area contributed by atoms with Crippen LogP contribution in [0.25, 0.3) is 0 Å². The molecule has 0 aromatic carbocycles. The summed E-state index contributed by atoms with van der Waals surface area (Å²) in [4.78, 5) is 2.16. The van der Waals surface area contributed by atoms with Crippen LogP contribution in [0.3, 0.4) is 0 Å². The monoisotopic (exact) mass is 373 g/mol. The Labute approximate surface area is 159 Å². The summed E-state index contributed by atoms with van der Waals surface area (Å²) in [5.41, 5.74) is 0. The second-order valence-electron chi connectivity index (χ2n) is 8.12. The van der Waals surface area contributed by atoms with Gasteiger partial charge >= 0.3 is 0 Å². The summed E-state index contributed by atoms with van der Waals surface area (Å²) >= 11 is 0. The van der Waals surface area contributed by atoms with Gasteiger partial charge in [-0.2, -0.15) is 0 Å². The number of hydrogen-bond acceptors (Lipinski definition) is 6. The molecule has 154 valence electrons. The number of ether oxygens (including phenoxy) is 5. The molecule has 2 aliphatic heterocycles. The first-order chi connectivity index (χ1) is 12.4. The maximum Gasteiger partial charge on any atom is 0.190 e. The molecular weight excluding hydrogens is 334 g/mol. The molecule has 0 radical (unpaired) electrons. The largest absolute Gasteiger partial charge is 0.379 e. The summed E-state index contributed by atoms with van der Waals surface area (Å²) in [6.45, 7) is 9.08. The van der Waals surface area contributed by atoms with Crippen molar-refractivity contribution in [2.75, 3.05) is 40.5 Å². The first-order valence-electron chi connectivity index (χ1n) is 10.3. The maximum absolute atomic E-state index is 6.18. The Bertz CT molecular complexity index is 390. The van der Waals surface area contributed by atoms with E-state index in [0.29, 0.717) is 6.61 Å². The van der Waals surface area contributed by atoms with Crippen LogP contribution in [-0.2, 0) is 23.7 Å². The van der Waals surface area contributed by atoms with Crippen LogP contribution < -0.4 is 0 Å². The molecule has 0 amide bonds. The molecule has 0 aromatic heterocycles. The van der Waals surface area contributed by atoms with Crippen molar-refractivity contribution in [2.24, 2.45) is 0 Å². The fourth-order valence-electron chi connectivity index (χ4n) is 3.49. The summed E-state index contributed by atoms with van der Waals surface area (Å²) < 4.78 is 30.0. The van der Waals surface area contributed by atoms with E-state index in [1.54, 1.807) is 0 Å². The Balaban J connectivity index is 1.75. The van der Waals surface area contributed by atoms with Crippen LogP contribution in [0.15, 0.2) is 0 Å². The molecule has 0 aromatic rings. The van der Waals surface area contributed by atoms with Crippen LogP contribution in [0.4, 0.5) is 0 Å². The Morgan fingerprint density at radius 3 is 2.46 bits per heavy atom. The van der Waals surface area contributed by atoms with Gasteiger partial charge in [-0.1, -0.05) is 32.6 Å². The fraction of sp³-hybridized carbons (Fsp3) is 1.00. The highest BCUT2D eigenvalue weighted by molar-refractivity contribution is 4.94. The Hall–Kier alpha value is -0.240. The predicted octanol–water partition coefficient (Wildman–Crippen LogP) is 3.19. The van der Waals surface area contributed by atoms with Crippen LogP contribution in [0.1, 0.15) is 59.3 Å². The van der Waals surface area contributed by atoms with Crippen molar-refractivity contribution in [3.05, 3.63) is 0 Å². The van der Waals surface area contributed by atoms with Crippen LogP contribution in [0, 0.1) is 0 Å². The number of fused-ring (bicyclic) bond motifs is 1. The minimum Gasteiger partial charge on any atom is -0.379 e. The molecular formula is C20H39NO5. The zero-order valence-electron chi connectivity index (χ0n) is 17.4. The normalized spacial score (nSPS) is 30.2. The van der Waals surface area contributed by atoms with Crippen molar-refractivity contribution < 1.29 is 23.7 Å². The standard InChI is InChI=1S/C20H39NO5/c1-6-7-8-9-10-14-23-17-16(15-22-13-11-12-21(4)5)24-19-18(17)25-20(2,3)26-19/h16-19H,6-15H2,1-5H3/t16-,17+,18-,19-/m1/s1. The molecule has 6 heteroatoms. The lowest BCUT2D eigenvalue weighted by atomic mass is 10.1. The van der Waals surface area contributed by atoms with E-state index in [-0.39, 0.29) is 24.6 Å². The lowest BCUT2D eigenvalue weighted by molar-refractivity contribution is -0.223. The first-order valence-corrected chi connectivity index (χ1v) is 10.3. The molecule has 0 spiro atoms. The predicted molar refractivity (Wildman–Crippen MR) is 101 cm³/mol. The Morgan fingerprint density at radius 2 is 1.73 bits per heavy atom. The minimum absolute atomic E-state index is 0.123. The average Bonchev–Trinajstić information content (AvgIpc) is 3.02. The molecule has 0 unspecified atom stereocenters. The quantitative estimate of drug-likeness (QED) is 0.462. The van der Waals surface area contributed by atoms with E-state index in [2.05, 4.69) is 25.9 Å². The zero-order chi connectivity index (χ0) is 19.0. The first kappa shape index (κ1) is 22.1. The highest BCUT2D eigenvalue weighted by Crippen LogP contribution is 2.38. The summed E-state index contributed by atoms with van der Waals surface area (Å²) in [5, 5.41) is 0. The molecule has 2 rings (SSSR count). The smallest absolute Gasteiger partial charge is 0.190 e. The van der Waals surface area contributed by atoms with Crippen molar-refractivity contribution in [2.45, 2.75) is 89.7 Å². The van der Waals surface area contributed by atoms with Gasteiger partial charge in [-0.15, -0.1) is 0 Å². The number of hydrogen-bond donors (Lipinski definition) is 0. The molecule has 2 heterocycles. The van der Waals surface area contributed by atoms with Gasteiger partial charge in [-0.05, 0) is 47.3 Å². The van der Waals surface area contributed by atoms with Gasteiger partial charge in [0.1, 0.15) is 18.3 Å². The van der Waals surface area contributed by atoms with E-state index < -0.39 is 5.79 Å². The van der Waals surface area contributed by atoms with Gasteiger partial charge in [0.25, 0.3) is 0 Å². The highest BCUT2D eigenvalue weighted by Gasteiger charge is 2.55. The Kier molecular flexibility index (Phi) is 9.27. The summed E-state index contributed by atoms with van der Waals surface area (Å²) in [5.74, 6) is -0.615. The van der Waals surface area contributed by atoms with Gasteiger partial charge in [0.2, 0.25) is 0 Å². The third-order valence-electron chi connectivity index (χ3n) is 4.82. The van der Waals surface area contributed by atoms with Gasteiger partial charge in [0.05, 0.1) is 6.61 Å². The highest BCUT2D eigenvalue weighted by atomic mass is 16.8. The summed E-state index contributed by atoms with van der Waals surface area (Å²) in [6.07, 6.45) is 6.35. The molecule has 6 nitrogen and oxygen atoms in total. The minimum atomic E-state index is -0.615. The number of unbranched alkanes of at least 4 members (excludes halogenated alkanes) is 4. The van der Waals surface area contributed by atoms with Gasteiger partial charge < -0.3 is 28.6 Å². The van der Waals surface area contributed by atoms with Crippen molar-refractivity contribution in [3.8, 4) is 0 Å². The average molecular weight is 374 g/mol. The number of nitrogens with zero attached hydrogens (tertiary/aromatic N) is 1. The van der Waals surface area contributed by atoms with Crippen LogP contribution in [-0.4, -0.2) is 75.7 Å². The van der Waals surface area contributed by atoms with Crippen molar-refractivity contribution in [1.29, 1.82) is 0 Å². The molecule has 0 aliphatic carbocycles. The zero-order valence-corrected chi connectivity index (χ0v) is 17.4. The topological polar surface area (TPSA) is 49.4 Å². The molecule has 2 aliphatic rings. The second kappa shape index (κ2) is 10.9. The third kappa shape index (κ3) is 7.06. The van der Waals surface area contributed by atoms with Crippen LogP contribution >= 0.6 is 0 Å². The van der Waals surface area contributed by atoms with Crippen molar-refractivity contribution in [3.63, 3.8) is 0 Å². The molecule has 26 heavy (non-hydrogen) atoms. The van der Waals surface area contributed by atoms with Crippen LogP contribution in [0.2, 0.25) is 0 Å². The second-order valence-corrected chi connectivity index (χ2v) is 8.12. The van der Waals surface area contributed by atoms with E-state index >= 15 is 0 Å². The molecule has 0 N–H and O–H groups in total. The third-order valence-corrected chi connectivity index (χ3v) is 4.82. The number of rotatable bonds is 13. The van der Waals surface area contributed by atoms with E-state index in [0.717, 1.165) is 32.6 Å². The lowest BCUT2D eigenvalue weighted by Gasteiger charge is -2.26. The van der Waals surface area contributed by atoms with Crippen LogP contribution in [0.5, 0.6) is 0 Å².